The molecular formula is C10H11KO4. The molecule has 0 radical (unpaired) electrons. The number of hydrogen-bond donors (Lipinski definition) is 0. The van der Waals surface area contributed by atoms with Crippen molar-refractivity contribution in [3.8, 4) is 11.5 Å². The summed E-state index contributed by atoms with van der Waals surface area (Å²) in [6.07, 6.45) is -0.125. The maximum Gasteiger partial charge on any atom is 1.00 e. The van der Waals surface area contributed by atoms with Crippen molar-refractivity contribution in [2.45, 2.75) is 6.42 Å². The Hall–Kier alpha value is -0.0736. The molecule has 0 fully saturated rings. The van der Waals surface area contributed by atoms with Crippen LogP contribution >= 0.6 is 0 Å². The van der Waals surface area contributed by atoms with Crippen molar-refractivity contribution in [2.24, 2.45) is 0 Å². The molecule has 15 heavy (non-hydrogen) atoms. The van der Waals surface area contributed by atoms with Crippen LogP contribution in [0.2, 0.25) is 0 Å². The van der Waals surface area contributed by atoms with Crippen LogP contribution in [-0.4, -0.2) is 20.2 Å². The van der Waals surface area contributed by atoms with Gasteiger partial charge < -0.3 is 19.4 Å². The summed E-state index contributed by atoms with van der Waals surface area (Å²) in [5, 5.41) is 10.3. The zero-order valence-electron chi connectivity index (χ0n) is 9.07. The summed E-state index contributed by atoms with van der Waals surface area (Å²) < 4.78 is 10.0. The first kappa shape index (κ1) is 14.9. The van der Waals surface area contributed by atoms with E-state index in [1.807, 2.05) is 0 Å². The molecule has 0 atom stereocenters. The van der Waals surface area contributed by atoms with E-state index < -0.39 is 5.97 Å². The molecule has 0 N–H and O–H groups in total. The second kappa shape index (κ2) is 7.24. The van der Waals surface area contributed by atoms with Crippen LogP contribution in [0.1, 0.15) is 5.56 Å². The second-order valence-electron chi connectivity index (χ2n) is 2.74. The average molecular weight is 234 g/mol. The Morgan fingerprint density at radius 3 is 2.33 bits per heavy atom. The Morgan fingerprint density at radius 2 is 1.87 bits per heavy atom. The monoisotopic (exact) mass is 234 g/mol. The van der Waals surface area contributed by atoms with Crippen LogP contribution in [0.25, 0.3) is 0 Å². The molecule has 0 saturated carbocycles. The predicted molar refractivity (Wildman–Crippen MR) is 48.3 cm³/mol. The summed E-state index contributed by atoms with van der Waals surface area (Å²) in [5.41, 5.74) is 0.627. The van der Waals surface area contributed by atoms with Gasteiger partial charge in [-0.2, -0.15) is 0 Å². The summed E-state index contributed by atoms with van der Waals surface area (Å²) in [4.78, 5) is 10.3. The first-order valence-corrected chi connectivity index (χ1v) is 4.08. The molecule has 1 rings (SSSR count). The number of methoxy groups -OCH3 is 2. The van der Waals surface area contributed by atoms with Crippen LogP contribution < -0.4 is 66.0 Å². The molecule has 76 valence electrons. The van der Waals surface area contributed by atoms with Crippen LogP contribution in [0.5, 0.6) is 11.5 Å². The fraction of sp³-hybridized carbons (Fsp3) is 0.300. The summed E-state index contributed by atoms with van der Waals surface area (Å²) in [7, 11) is 3.02. The number of hydrogen-bond acceptors (Lipinski definition) is 4. The van der Waals surface area contributed by atoms with Crippen molar-refractivity contribution in [1.82, 2.24) is 0 Å². The molecular weight excluding hydrogens is 223 g/mol. The molecule has 0 saturated heterocycles. The number of carbonyl (C=O) groups is 1. The molecule has 4 nitrogen and oxygen atoms in total. The number of carbonyl (C=O) groups excluding carboxylic acids is 1. The SMILES string of the molecule is COc1ccc(CC(=O)[O-])cc1OC.[K+]. The first-order valence-electron chi connectivity index (χ1n) is 4.08. The van der Waals surface area contributed by atoms with Crippen molar-refractivity contribution >= 4 is 5.97 Å². The zero-order valence-corrected chi connectivity index (χ0v) is 12.2. The van der Waals surface area contributed by atoms with Crippen molar-refractivity contribution < 1.29 is 70.8 Å². The Kier molecular flexibility index (Phi) is 7.21. The molecule has 0 heterocycles. The maximum absolute atomic E-state index is 10.3. The van der Waals surface area contributed by atoms with Gasteiger partial charge in [0, 0.05) is 12.4 Å². The number of ether oxygens (including phenoxy) is 2. The fourth-order valence-corrected chi connectivity index (χ4v) is 1.16. The normalized spacial score (nSPS) is 8.93. The van der Waals surface area contributed by atoms with Gasteiger partial charge in [-0.25, -0.2) is 0 Å². The number of aliphatic carboxylic acids is 1. The van der Waals surface area contributed by atoms with Gasteiger partial charge in [-0.05, 0) is 17.7 Å². The summed E-state index contributed by atoms with van der Waals surface area (Å²) in [6.45, 7) is 0. The van der Waals surface area contributed by atoms with Crippen molar-refractivity contribution in [3.05, 3.63) is 23.8 Å². The van der Waals surface area contributed by atoms with Crippen molar-refractivity contribution in [1.29, 1.82) is 0 Å². The summed E-state index contributed by atoms with van der Waals surface area (Å²) >= 11 is 0. The van der Waals surface area contributed by atoms with Gasteiger partial charge in [0.15, 0.2) is 11.5 Å². The minimum atomic E-state index is -1.11. The molecule has 0 unspecified atom stereocenters. The van der Waals surface area contributed by atoms with Gasteiger partial charge >= 0.3 is 51.4 Å². The van der Waals surface area contributed by atoms with Gasteiger partial charge in [0.2, 0.25) is 0 Å². The third-order valence-corrected chi connectivity index (χ3v) is 1.80. The van der Waals surface area contributed by atoms with Gasteiger partial charge in [0.1, 0.15) is 0 Å². The van der Waals surface area contributed by atoms with Gasteiger partial charge in [-0.1, -0.05) is 6.07 Å². The summed E-state index contributed by atoms with van der Waals surface area (Å²) in [6, 6.07) is 4.95. The van der Waals surface area contributed by atoms with Gasteiger partial charge in [0.05, 0.1) is 14.2 Å². The topological polar surface area (TPSA) is 58.6 Å². The molecule has 1 aromatic carbocycles. The molecule has 0 bridgehead atoms. The van der Waals surface area contributed by atoms with E-state index >= 15 is 0 Å². The Bertz CT molecular complexity index is 338. The molecule has 5 heteroatoms. The summed E-state index contributed by atoms with van der Waals surface area (Å²) in [5.74, 6) is -0.0157. The first-order chi connectivity index (χ1) is 6.67. The van der Waals surface area contributed by atoms with Crippen LogP contribution in [-0.2, 0) is 11.2 Å². The Labute approximate surface area is 131 Å². The van der Waals surface area contributed by atoms with E-state index in [0.29, 0.717) is 17.1 Å². The van der Waals surface area contributed by atoms with E-state index in [-0.39, 0.29) is 57.8 Å². The Balaban J connectivity index is 0.00000196. The van der Waals surface area contributed by atoms with E-state index in [0.717, 1.165) is 0 Å². The van der Waals surface area contributed by atoms with Crippen LogP contribution in [0.15, 0.2) is 18.2 Å². The average Bonchev–Trinajstić information content (AvgIpc) is 2.16. The minimum Gasteiger partial charge on any atom is -0.550 e. The van der Waals surface area contributed by atoms with Crippen molar-refractivity contribution in [3.63, 3.8) is 0 Å². The van der Waals surface area contributed by atoms with E-state index in [1.165, 1.54) is 14.2 Å². The smallest absolute Gasteiger partial charge is 0.550 e. The number of benzene rings is 1. The van der Waals surface area contributed by atoms with E-state index in [1.54, 1.807) is 18.2 Å². The largest absolute Gasteiger partial charge is 1.00 e. The second-order valence-corrected chi connectivity index (χ2v) is 2.74. The molecule has 0 spiro atoms. The molecule has 0 aromatic heterocycles. The minimum absolute atomic E-state index is 0. The third-order valence-electron chi connectivity index (χ3n) is 1.80. The maximum atomic E-state index is 10.3. The van der Waals surface area contributed by atoms with Crippen LogP contribution in [0, 0.1) is 0 Å². The molecule has 0 aliphatic carbocycles. The number of carboxylic acids is 1. The van der Waals surface area contributed by atoms with E-state index in [4.69, 9.17) is 9.47 Å². The molecule has 0 aliphatic rings. The Morgan fingerprint density at radius 1 is 1.27 bits per heavy atom. The van der Waals surface area contributed by atoms with Crippen molar-refractivity contribution in [2.75, 3.05) is 14.2 Å². The standard InChI is InChI=1S/C10H12O4.K/c1-13-8-4-3-7(6-10(11)12)5-9(8)14-2;/h3-5H,6H2,1-2H3,(H,11,12);/q;+1/p-1. The molecule has 0 aliphatic heterocycles. The third kappa shape index (κ3) is 4.52. The van der Waals surface area contributed by atoms with Gasteiger partial charge in [0.25, 0.3) is 0 Å². The predicted octanol–water partition coefficient (Wildman–Crippen LogP) is -3.00. The quantitative estimate of drug-likeness (QED) is 0.521. The van der Waals surface area contributed by atoms with E-state index in [9.17, 15) is 9.90 Å². The van der Waals surface area contributed by atoms with Crippen LogP contribution in [0.4, 0.5) is 0 Å². The van der Waals surface area contributed by atoms with Crippen LogP contribution in [0.3, 0.4) is 0 Å². The number of rotatable bonds is 4. The fourth-order valence-electron chi connectivity index (χ4n) is 1.16. The van der Waals surface area contributed by atoms with Gasteiger partial charge in [-0.3, -0.25) is 0 Å². The van der Waals surface area contributed by atoms with Gasteiger partial charge in [-0.15, -0.1) is 0 Å². The zero-order chi connectivity index (χ0) is 10.6. The molecule has 1 aromatic rings. The number of carboxylic acid groups (broad SMARTS) is 1. The molecule has 0 amide bonds. The van der Waals surface area contributed by atoms with E-state index in [2.05, 4.69) is 0 Å².